The summed E-state index contributed by atoms with van der Waals surface area (Å²) < 4.78 is 12.3. The summed E-state index contributed by atoms with van der Waals surface area (Å²) in [5, 5.41) is 15.4. The second-order valence-electron chi connectivity index (χ2n) is 6.77. The molecule has 0 spiro atoms. The minimum atomic E-state index is -0.268. The van der Waals surface area contributed by atoms with E-state index in [4.69, 9.17) is 9.15 Å². The Bertz CT molecular complexity index is 1050. The number of aromatic nitrogens is 4. The predicted molar refractivity (Wildman–Crippen MR) is 110 cm³/mol. The second kappa shape index (κ2) is 9.68. The van der Waals surface area contributed by atoms with Gasteiger partial charge in [-0.25, -0.2) is 4.68 Å². The molecule has 0 bridgehead atoms. The summed E-state index contributed by atoms with van der Waals surface area (Å²) in [6.45, 7) is 1.32. The molecule has 156 valence electrons. The summed E-state index contributed by atoms with van der Waals surface area (Å²) in [5.41, 5.74) is 1.31. The first kappa shape index (κ1) is 20.3. The van der Waals surface area contributed by atoms with Gasteiger partial charge in [-0.1, -0.05) is 42.1 Å². The molecule has 10 heteroatoms. The minimum absolute atomic E-state index is 0.0539. The number of rotatable bonds is 8. The van der Waals surface area contributed by atoms with Crippen molar-refractivity contribution in [3.63, 3.8) is 0 Å². The average molecular weight is 427 g/mol. The largest absolute Gasteiger partial charge is 0.414 e. The highest BCUT2D eigenvalue weighted by Gasteiger charge is 2.17. The predicted octanol–water partition coefficient (Wildman–Crippen LogP) is 1.73. The molecule has 1 saturated heterocycles. The Morgan fingerprint density at radius 1 is 1.20 bits per heavy atom. The first-order valence-electron chi connectivity index (χ1n) is 9.64. The Morgan fingerprint density at radius 3 is 2.87 bits per heavy atom. The Balaban J connectivity index is 1.33. The van der Waals surface area contributed by atoms with Gasteiger partial charge in [-0.2, -0.15) is 5.10 Å². The Kier molecular flexibility index (Phi) is 6.55. The van der Waals surface area contributed by atoms with Crippen LogP contribution in [0.25, 0.3) is 11.3 Å². The standard InChI is InChI=1S/C20H21N5O4S/c26-17(21-11-15-7-4-10-28-15)13-30-20-23-22-18(29-20)12-25-19(27)9-8-16(24-25)14-5-2-1-3-6-14/h1-3,5-6,8-9,15H,4,7,10-13H2,(H,21,26)/t15-/m0/s1. The third-order valence-corrected chi connectivity index (χ3v) is 5.37. The molecule has 0 aliphatic carbocycles. The van der Waals surface area contributed by atoms with Crippen molar-refractivity contribution < 1.29 is 13.9 Å². The van der Waals surface area contributed by atoms with Crippen LogP contribution >= 0.6 is 11.8 Å². The van der Waals surface area contributed by atoms with Gasteiger partial charge in [0, 0.05) is 24.8 Å². The average Bonchev–Trinajstić information content (AvgIpc) is 3.45. The summed E-state index contributed by atoms with van der Waals surface area (Å²) in [6.07, 6.45) is 2.11. The van der Waals surface area contributed by atoms with Gasteiger partial charge in [0.05, 0.1) is 17.6 Å². The van der Waals surface area contributed by atoms with Gasteiger partial charge in [0.15, 0.2) is 0 Å². The zero-order valence-electron chi connectivity index (χ0n) is 16.2. The highest BCUT2D eigenvalue weighted by molar-refractivity contribution is 7.99. The fourth-order valence-electron chi connectivity index (χ4n) is 3.02. The van der Waals surface area contributed by atoms with Crippen molar-refractivity contribution >= 4 is 17.7 Å². The van der Waals surface area contributed by atoms with Gasteiger partial charge < -0.3 is 14.5 Å². The highest BCUT2D eigenvalue weighted by atomic mass is 32.2. The van der Waals surface area contributed by atoms with Crippen molar-refractivity contribution in [2.24, 2.45) is 0 Å². The molecule has 1 atom stereocenters. The first-order chi connectivity index (χ1) is 14.7. The first-order valence-corrected chi connectivity index (χ1v) is 10.6. The molecule has 1 aliphatic rings. The van der Waals surface area contributed by atoms with Crippen LogP contribution in [0, 0.1) is 0 Å². The van der Waals surface area contributed by atoms with Crippen molar-refractivity contribution in [2.45, 2.75) is 30.7 Å². The summed E-state index contributed by atoms with van der Waals surface area (Å²) in [5.74, 6) is 0.288. The van der Waals surface area contributed by atoms with Crippen molar-refractivity contribution in [2.75, 3.05) is 18.9 Å². The molecule has 1 amide bonds. The maximum Gasteiger partial charge on any atom is 0.277 e. The minimum Gasteiger partial charge on any atom is -0.414 e. The molecule has 30 heavy (non-hydrogen) atoms. The number of carbonyl (C=O) groups excluding carboxylic acids is 1. The van der Waals surface area contributed by atoms with E-state index in [-0.39, 0.29) is 41.0 Å². The van der Waals surface area contributed by atoms with E-state index in [1.807, 2.05) is 30.3 Å². The number of ether oxygens (including phenoxy) is 1. The molecule has 4 rings (SSSR count). The van der Waals surface area contributed by atoms with Gasteiger partial charge in [0.1, 0.15) is 6.54 Å². The maximum absolute atomic E-state index is 12.2. The molecule has 1 aromatic carbocycles. The van der Waals surface area contributed by atoms with Gasteiger partial charge in [-0.15, -0.1) is 10.2 Å². The van der Waals surface area contributed by atoms with Crippen molar-refractivity contribution in [3.8, 4) is 11.3 Å². The fraction of sp³-hybridized carbons (Fsp3) is 0.350. The summed E-state index contributed by atoms with van der Waals surface area (Å²) in [4.78, 5) is 24.1. The molecule has 0 unspecified atom stereocenters. The van der Waals surface area contributed by atoms with Gasteiger partial charge in [0.25, 0.3) is 10.8 Å². The molecular formula is C20H21N5O4S. The molecule has 3 heterocycles. The lowest BCUT2D eigenvalue weighted by Gasteiger charge is -2.09. The van der Waals surface area contributed by atoms with E-state index in [2.05, 4.69) is 20.6 Å². The van der Waals surface area contributed by atoms with E-state index in [1.54, 1.807) is 6.07 Å². The summed E-state index contributed by atoms with van der Waals surface area (Å²) >= 11 is 1.15. The van der Waals surface area contributed by atoms with E-state index in [0.717, 1.165) is 36.8 Å². The number of nitrogens with one attached hydrogen (secondary N) is 1. The van der Waals surface area contributed by atoms with E-state index in [9.17, 15) is 9.59 Å². The van der Waals surface area contributed by atoms with Gasteiger partial charge in [-0.3, -0.25) is 9.59 Å². The van der Waals surface area contributed by atoms with Crippen LogP contribution in [0.5, 0.6) is 0 Å². The van der Waals surface area contributed by atoms with E-state index < -0.39 is 0 Å². The summed E-state index contributed by atoms with van der Waals surface area (Å²) in [6, 6.07) is 12.7. The van der Waals surface area contributed by atoms with Crippen LogP contribution in [0.15, 0.2) is 56.9 Å². The molecular weight excluding hydrogens is 406 g/mol. The van der Waals surface area contributed by atoms with Crippen LogP contribution < -0.4 is 10.9 Å². The van der Waals surface area contributed by atoms with E-state index in [1.165, 1.54) is 10.7 Å². The lowest BCUT2D eigenvalue weighted by atomic mass is 10.1. The molecule has 0 saturated carbocycles. The van der Waals surface area contributed by atoms with E-state index in [0.29, 0.717) is 12.2 Å². The number of hydrogen-bond acceptors (Lipinski definition) is 8. The Morgan fingerprint density at radius 2 is 2.07 bits per heavy atom. The SMILES string of the molecule is O=C(CSc1nnc(Cn2nc(-c3ccccc3)ccc2=O)o1)NC[C@@H]1CCCO1. The monoisotopic (exact) mass is 427 g/mol. The number of amides is 1. The lowest BCUT2D eigenvalue weighted by molar-refractivity contribution is -0.119. The zero-order chi connectivity index (χ0) is 20.8. The summed E-state index contributed by atoms with van der Waals surface area (Å²) in [7, 11) is 0. The Hall–Kier alpha value is -2.98. The van der Waals surface area contributed by atoms with Crippen molar-refractivity contribution in [1.29, 1.82) is 0 Å². The van der Waals surface area contributed by atoms with Crippen LogP contribution in [-0.2, 0) is 16.1 Å². The molecule has 9 nitrogen and oxygen atoms in total. The van der Waals surface area contributed by atoms with Gasteiger partial charge in [-0.05, 0) is 18.9 Å². The van der Waals surface area contributed by atoms with Gasteiger partial charge >= 0.3 is 0 Å². The maximum atomic E-state index is 12.2. The Labute approximate surface area is 176 Å². The van der Waals surface area contributed by atoms with Crippen molar-refractivity contribution in [3.05, 3.63) is 58.7 Å². The molecule has 1 fully saturated rings. The van der Waals surface area contributed by atoms with Crippen molar-refractivity contribution in [1.82, 2.24) is 25.3 Å². The fourth-order valence-corrected chi connectivity index (χ4v) is 3.64. The highest BCUT2D eigenvalue weighted by Crippen LogP contribution is 2.17. The number of nitrogens with zero attached hydrogens (tertiary/aromatic N) is 4. The van der Waals surface area contributed by atoms with Crippen LogP contribution in [0.4, 0.5) is 0 Å². The number of hydrogen-bond donors (Lipinski definition) is 1. The molecule has 1 aliphatic heterocycles. The zero-order valence-corrected chi connectivity index (χ0v) is 17.0. The van der Waals surface area contributed by atoms with E-state index >= 15 is 0 Å². The number of benzene rings is 1. The molecule has 0 radical (unpaired) electrons. The topological polar surface area (TPSA) is 112 Å². The van der Waals surface area contributed by atoms with Crippen LogP contribution in [0.2, 0.25) is 0 Å². The number of carbonyl (C=O) groups is 1. The molecule has 2 aromatic heterocycles. The smallest absolute Gasteiger partial charge is 0.277 e. The van der Waals surface area contributed by atoms with Gasteiger partial charge in [0.2, 0.25) is 11.8 Å². The third kappa shape index (κ3) is 5.33. The second-order valence-corrected chi connectivity index (χ2v) is 7.70. The quantitative estimate of drug-likeness (QED) is 0.541. The molecule has 3 aromatic rings. The van der Waals surface area contributed by atoms with Crippen LogP contribution in [0.3, 0.4) is 0 Å². The molecule has 1 N–H and O–H groups in total. The number of thioether (sulfide) groups is 1. The normalized spacial score (nSPS) is 15.9. The van der Waals surface area contributed by atoms with Crippen LogP contribution in [0.1, 0.15) is 18.7 Å². The third-order valence-electron chi connectivity index (χ3n) is 4.55. The lowest BCUT2D eigenvalue weighted by Crippen LogP contribution is -2.32. The van der Waals surface area contributed by atoms with Crippen LogP contribution in [-0.4, -0.2) is 50.9 Å².